The summed E-state index contributed by atoms with van der Waals surface area (Å²) in [5, 5.41) is 2.84. The molecule has 0 aromatic carbocycles. The van der Waals surface area contributed by atoms with Crippen LogP contribution in [0.1, 0.15) is 19.5 Å². The van der Waals surface area contributed by atoms with Crippen molar-refractivity contribution in [2.24, 2.45) is 5.73 Å². The summed E-state index contributed by atoms with van der Waals surface area (Å²) in [6.07, 6.45) is 0. The summed E-state index contributed by atoms with van der Waals surface area (Å²) < 4.78 is 0. The molecule has 1 saturated heterocycles. The minimum Gasteiger partial charge on any atom is -0.329 e. The maximum atomic E-state index is 11.6. The molecule has 1 aromatic heterocycles. The molecule has 1 aliphatic heterocycles. The number of likely N-dealkylation sites (N-methyl/N-ethyl adjacent to an activating group) is 1. The molecule has 1 aromatic rings. The highest BCUT2D eigenvalue weighted by Crippen LogP contribution is 2.22. The monoisotopic (exact) mass is 311 g/mol. The van der Waals surface area contributed by atoms with E-state index in [1.165, 1.54) is 11.3 Å². The van der Waals surface area contributed by atoms with Gasteiger partial charge in [-0.3, -0.25) is 14.6 Å². The maximum absolute atomic E-state index is 11.6. The Labute approximate surface area is 130 Å². The van der Waals surface area contributed by atoms with Crippen molar-refractivity contribution in [1.82, 2.24) is 14.8 Å². The Kier molecular flexibility index (Phi) is 5.69. The Morgan fingerprint density at radius 2 is 2.33 bits per heavy atom. The third kappa shape index (κ3) is 4.00. The van der Waals surface area contributed by atoms with E-state index in [1.807, 2.05) is 12.3 Å². The SMILES string of the molecule is CCN(C(C)=O)c1nc(CN2CCN(C)CC2CN)cs1. The van der Waals surface area contributed by atoms with Gasteiger partial charge in [-0.1, -0.05) is 0 Å². The molecule has 2 heterocycles. The number of carbonyl (C=O) groups excluding carboxylic acids is 1. The summed E-state index contributed by atoms with van der Waals surface area (Å²) in [6, 6.07) is 0.379. The van der Waals surface area contributed by atoms with Crippen LogP contribution >= 0.6 is 11.3 Å². The van der Waals surface area contributed by atoms with E-state index >= 15 is 0 Å². The van der Waals surface area contributed by atoms with Crippen molar-refractivity contribution in [1.29, 1.82) is 0 Å². The molecular weight excluding hydrogens is 286 g/mol. The van der Waals surface area contributed by atoms with Gasteiger partial charge in [0.25, 0.3) is 0 Å². The van der Waals surface area contributed by atoms with Crippen LogP contribution < -0.4 is 10.6 Å². The Morgan fingerprint density at radius 1 is 1.57 bits per heavy atom. The van der Waals surface area contributed by atoms with Gasteiger partial charge in [0.05, 0.1) is 5.69 Å². The molecule has 6 nitrogen and oxygen atoms in total. The van der Waals surface area contributed by atoms with Gasteiger partial charge in [-0.2, -0.15) is 0 Å². The van der Waals surface area contributed by atoms with E-state index in [4.69, 9.17) is 5.73 Å². The minimum absolute atomic E-state index is 0.0397. The fraction of sp³-hybridized carbons (Fsp3) is 0.714. The first kappa shape index (κ1) is 16.4. The van der Waals surface area contributed by atoms with E-state index < -0.39 is 0 Å². The number of aromatic nitrogens is 1. The molecule has 0 aliphatic carbocycles. The van der Waals surface area contributed by atoms with Gasteiger partial charge in [-0.25, -0.2) is 4.98 Å². The van der Waals surface area contributed by atoms with Crippen LogP contribution in [0.2, 0.25) is 0 Å². The number of anilines is 1. The number of amides is 1. The number of carbonyl (C=O) groups is 1. The Morgan fingerprint density at radius 3 is 2.95 bits per heavy atom. The van der Waals surface area contributed by atoms with E-state index in [0.717, 1.165) is 37.0 Å². The van der Waals surface area contributed by atoms with Crippen LogP contribution in [0.25, 0.3) is 0 Å². The summed E-state index contributed by atoms with van der Waals surface area (Å²) >= 11 is 1.53. The highest BCUT2D eigenvalue weighted by atomic mass is 32.1. The van der Waals surface area contributed by atoms with Crippen molar-refractivity contribution in [3.05, 3.63) is 11.1 Å². The summed E-state index contributed by atoms with van der Waals surface area (Å²) in [6.45, 7) is 8.74. The second kappa shape index (κ2) is 7.31. The smallest absolute Gasteiger partial charge is 0.225 e. The predicted molar refractivity (Wildman–Crippen MR) is 86.6 cm³/mol. The van der Waals surface area contributed by atoms with Gasteiger partial charge >= 0.3 is 0 Å². The van der Waals surface area contributed by atoms with Crippen molar-refractivity contribution in [3.8, 4) is 0 Å². The summed E-state index contributed by atoms with van der Waals surface area (Å²) in [5.74, 6) is 0.0397. The molecule has 1 amide bonds. The average Bonchev–Trinajstić information content (AvgIpc) is 2.89. The van der Waals surface area contributed by atoms with Crippen LogP contribution in [0.3, 0.4) is 0 Å². The summed E-state index contributed by atoms with van der Waals surface area (Å²) in [5.41, 5.74) is 6.91. The number of hydrogen-bond acceptors (Lipinski definition) is 6. The summed E-state index contributed by atoms with van der Waals surface area (Å²) in [7, 11) is 2.13. The van der Waals surface area contributed by atoms with Crippen LogP contribution in [0, 0.1) is 0 Å². The van der Waals surface area contributed by atoms with E-state index in [1.54, 1.807) is 11.8 Å². The number of nitrogens with zero attached hydrogens (tertiary/aromatic N) is 4. The Hall–Kier alpha value is -1.02. The van der Waals surface area contributed by atoms with Crippen LogP contribution in [0.15, 0.2) is 5.38 Å². The zero-order valence-electron chi connectivity index (χ0n) is 13.1. The van der Waals surface area contributed by atoms with Crippen molar-refractivity contribution in [2.75, 3.05) is 44.7 Å². The quantitative estimate of drug-likeness (QED) is 0.862. The highest BCUT2D eigenvalue weighted by Gasteiger charge is 2.25. The lowest BCUT2D eigenvalue weighted by atomic mass is 10.1. The molecule has 118 valence electrons. The number of hydrogen-bond donors (Lipinski definition) is 1. The number of nitrogens with two attached hydrogens (primary N) is 1. The number of thiazole rings is 1. The van der Waals surface area contributed by atoms with Crippen molar-refractivity contribution in [3.63, 3.8) is 0 Å². The minimum atomic E-state index is 0.0397. The Bertz CT molecular complexity index is 478. The lowest BCUT2D eigenvalue weighted by molar-refractivity contribution is -0.116. The fourth-order valence-electron chi connectivity index (χ4n) is 2.67. The molecular formula is C14H25N5OS. The Balaban J connectivity index is 2.03. The normalized spacial score (nSPS) is 20.7. The first-order valence-corrected chi connectivity index (χ1v) is 8.28. The lowest BCUT2D eigenvalue weighted by Crippen LogP contribution is -2.54. The van der Waals surface area contributed by atoms with Gasteiger partial charge in [0.1, 0.15) is 0 Å². The topological polar surface area (TPSA) is 65.7 Å². The molecule has 0 bridgehead atoms. The fourth-order valence-corrected chi connectivity index (χ4v) is 3.60. The number of rotatable bonds is 5. The van der Waals surface area contributed by atoms with Gasteiger partial charge in [0.2, 0.25) is 5.91 Å². The molecule has 1 unspecified atom stereocenters. The van der Waals surface area contributed by atoms with Crippen molar-refractivity contribution < 1.29 is 4.79 Å². The zero-order chi connectivity index (χ0) is 15.4. The molecule has 0 saturated carbocycles. The molecule has 7 heteroatoms. The van der Waals surface area contributed by atoms with Crippen LogP contribution in [0.4, 0.5) is 5.13 Å². The van der Waals surface area contributed by atoms with Crippen molar-refractivity contribution in [2.45, 2.75) is 26.4 Å². The molecule has 1 fully saturated rings. The molecule has 2 rings (SSSR count). The molecule has 0 radical (unpaired) electrons. The average molecular weight is 311 g/mol. The first-order chi connectivity index (χ1) is 10.0. The second-order valence-corrected chi connectivity index (χ2v) is 6.34. The molecule has 1 aliphatic rings. The molecule has 2 N–H and O–H groups in total. The molecule has 0 spiro atoms. The van der Waals surface area contributed by atoms with E-state index in [0.29, 0.717) is 19.1 Å². The van der Waals surface area contributed by atoms with Crippen LogP contribution in [-0.4, -0.2) is 66.5 Å². The van der Waals surface area contributed by atoms with Crippen LogP contribution in [0.5, 0.6) is 0 Å². The van der Waals surface area contributed by atoms with E-state index in [9.17, 15) is 4.79 Å². The van der Waals surface area contributed by atoms with E-state index in [-0.39, 0.29) is 5.91 Å². The highest BCUT2D eigenvalue weighted by molar-refractivity contribution is 7.14. The number of piperazine rings is 1. The maximum Gasteiger partial charge on any atom is 0.225 e. The lowest BCUT2D eigenvalue weighted by Gasteiger charge is -2.39. The van der Waals surface area contributed by atoms with E-state index in [2.05, 4.69) is 21.8 Å². The third-order valence-corrected chi connectivity index (χ3v) is 4.82. The first-order valence-electron chi connectivity index (χ1n) is 7.40. The van der Waals surface area contributed by atoms with Gasteiger partial charge in [-0.15, -0.1) is 11.3 Å². The van der Waals surface area contributed by atoms with Crippen molar-refractivity contribution >= 4 is 22.4 Å². The third-order valence-electron chi connectivity index (χ3n) is 3.91. The van der Waals surface area contributed by atoms with Gasteiger partial charge in [0, 0.05) is 57.6 Å². The van der Waals surface area contributed by atoms with Gasteiger partial charge in [-0.05, 0) is 14.0 Å². The molecule has 21 heavy (non-hydrogen) atoms. The zero-order valence-corrected chi connectivity index (χ0v) is 13.9. The standard InChI is InChI=1S/C14H25N5OS/c1-4-19(11(2)20)14-16-12(10-21-14)8-18-6-5-17(3)9-13(18)7-15/h10,13H,4-9,15H2,1-3H3. The van der Waals surface area contributed by atoms with Gasteiger partial charge < -0.3 is 10.6 Å². The molecule has 1 atom stereocenters. The van der Waals surface area contributed by atoms with Gasteiger partial charge in [0.15, 0.2) is 5.13 Å². The largest absolute Gasteiger partial charge is 0.329 e. The summed E-state index contributed by atoms with van der Waals surface area (Å²) in [4.78, 5) is 22.6. The second-order valence-electron chi connectivity index (χ2n) is 5.51. The predicted octanol–water partition coefficient (Wildman–Crippen LogP) is 0.591. The van der Waals surface area contributed by atoms with Crippen LogP contribution in [-0.2, 0) is 11.3 Å².